The van der Waals surface area contributed by atoms with E-state index < -0.39 is 10.0 Å². The fourth-order valence-corrected chi connectivity index (χ4v) is 4.75. The third-order valence-electron chi connectivity index (χ3n) is 2.98. The zero-order valence-electron chi connectivity index (χ0n) is 9.44. The van der Waals surface area contributed by atoms with Crippen LogP contribution in [0, 0.1) is 5.92 Å². The van der Waals surface area contributed by atoms with Crippen molar-refractivity contribution in [2.24, 2.45) is 5.92 Å². The summed E-state index contributed by atoms with van der Waals surface area (Å²) < 4.78 is 26.3. The predicted octanol–water partition coefficient (Wildman–Crippen LogP) is 3.40. The van der Waals surface area contributed by atoms with Crippen molar-refractivity contribution in [3.8, 4) is 0 Å². The molecule has 1 heterocycles. The summed E-state index contributed by atoms with van der Waals surface area (Å²) in [5.41, 5.74) is 0. The van der Waals surface area contributed by atoms with Crippen LogP contribution in [0.15, 0.2) is 23.1 Å². The van der Waals surface area contributed by atoms with Gasteiger partial charge in [-0.15, -0.1) is 0 Å². The second-order valence-corrected chi connectivity index (χ2v) is 7.64. The van der Waals surface area contributed by atoms with E-state index in [2.05, 4.69) is 15.9 Å². The average Bonchev–Trinajstić information content (AvgIpc) is 2.81. The molecule has 2 rings (SSSR count). The molecule has 0 amide bonds. The number of sulfonamides is 1. The molecule has 0 spiro atoms. The predicted molar refractivity (Wildman–Crippen MR) is 77.1 cm³/mol. The quantitative estimate of drug-likeness (QED) is 0.762. The smallest absolute Gasteiger partial charge is 0.207 e. The summed E-state index contributed by atoms with van der Waals surface area (Å²) in [5.74, 6) is 0.359. The van der Waals surface area contributed by atoms with E-state index in [4.69, 9.17) is 23.2 Å². The van der Waals surface area contributed by atoms with Crippen molar-refractivity contribution in [2.45, 2.75) is 11.3 Å². The molecule has 18 heavy (non-hydrogen) atoms. The Morgan fingerprint density at radius 1 is 1.39 bits per heavy atom. The molecule has 3 nitrogen and oxygen atoms in total. The Bertz CT molecular complexity index is 550. The Morgan fingerprint density at radius 2 is 2.11 bits per heavy atom. The minimum absolute atomic E-state index is 0.0897. The third-order valence-corrected chi connectivity index (χ3v) is 6.48. The molecule has 1 aromatic carbocycles. The number of benzene rings is 1. The molecule has 100 valence electrons. The first-order valence-corrected chi connectivity index (χ1v) is 8.78. The highest BCUT2D eigenvalue weighted by Crippen LogP contribution is 2.31. The molecule has 7 heteroatoms. The minimum Gasteiger partial charge on any atom is -0.207 e. The van der Waals surface area contributed by atoms with E-state index in [1.165, 1.54) is 16.4 Å². The fourth-order valence-electron chi connectivity index (χ4n) is 1.96. The van der Waals surface area contributed by atoms with E-state index in [9.17, 15) is 8.42 Å². The largest absolute Gasteiger partial charge is 0.244 e. The van der Waals surface area contributed by atoms with E-state index in [1.807, 2.05) is 0 Å². The second kappa shape index (κ2) is 5.67. The maximum atomic E-state index is 12.4. The number of alkyl halides is 1. The number of halogens is 3. The molecule has 1 saturated heterocycles. The zero-order valence-corrected chi connectivity index (χ0v) is 13.4. The Hall–Kier alpha value is 0.190. The van der Waals surface area contributed by atoms with E-state index in [-0.39, 0.29) is 9.92 Å². The van der Waals surface area contributed by atoms with Gasteiger partial charge in [-0.05, 0) is 30.5 Å². The SMILES string of the molecule is O=S(=O)(c1cc(Cl)ccc1Cl)N1CCC(CBr)C1. The van der Waals surface area contributed by atoms with E-state index in [0.717, 1.165) is 11.8 Å². The standard InChI is InChI=1S/C11H12BrCl2NO2S/c12-6-8-3-4-15(7-8)18(16,17)11-5-9(13)1-2-10(11)14/h1-2,5,8H,3-4,6-7H2. The summed E-state index contributed by atoms with van der Waals surface area (Å²) in [7, 11) is -3.54. The molecule has 0 bridgehead atoms. The molecular weight excluding hydrogens is 361 g/mol. The summed E-state index contributed by atoms with van der Waals surface area (Å²) in [4.78, 5) is 0.0897. The summed E-state index contributed by atoms with van der Waals surface area (Å²) in [6, 6.07) is 4.49. The third kappa shape index (κ3) is 2.85. The van der Waals surface area contributed by atoms with Crippen LogP contribution in [0.5, 0.6) is 0 Å². The second-order valence-electron chi connectivity index (χ2n) is 4.25. The van der Waals surface area contributed by atoms with Gasteiger partial charge in [-0.2, -0.15) is 4.31 Å². The molecule has 0 aliphatic carbocycles. The highest BCUT2D eigenvalue weighted by Gasteiger charge is 2.33. The molecule has 0 radical (unpaired) electrons. The summed E-state index contributed by atoms with van der Waals surface area (Å²) >= 11 is 15.2. The van der Waals surface area contributed by atoms with Gasteiger partial charge in [0.2, 0.25) is 10.0 Å². The van der Waals surface area contributed by atoms with Crippen molar-refractivity contribution in [1.82, 2.24) is 4.31 Å². The van der Waals surface area contributed by atoms with Crippen molar-refractivity contribution in [1.29, 1.82) is 0 Å². The summed E-state index contributed by atoms with van der Waals surface area (Å²) in [6.07, 6.45) is 0.864. The molecule has 1 aliphatic heterocycles. The lowest BCUT2D eigenvalue weighted by atomic mass is 10.2. The number of hydrogen-bond acceptors (Lipinski definition) is 2. The first-order valence-electron chi connectivity index (χ1n) is 5.46. The number of nitrogens with zero attached hydrogens (tertiary/aromatic N) is 1. The Kier molecular flexibility index (Phi) is 4.60. The van der Waals surface area contributed by atoms with Gasteiger partial charge >= 0.3 is 0 Å². The lowest BCUT2D eigenvalue weighted by Gasteiger charge is -2.17. The van der Waals surface area contributed by atoms with Gasteiger partial charge in [-0.1, -0.05) is 39.1 Å². The van der Waals surface area contributed by atoms with Crippen LogP contribution < -0.4 is 0 Å². The maximum Gasteiger partial charge on any atom is 0.244 e. The van der Waals surface area contributed by atoms with Crippen LogP contribution in [0.2, 0.25) is 10.0 Å². The topological polar surface area (TPSA) is 37.4 Å². The molecule has 0 N–H and O–H groups in total. The van der Waals surface area contributed by atoms with Crippen LogP contribution in [-0.2, 0) is 10.0 Å². The monoisotopic (exact) mass is 371 g/mol. The lowest BCUT2D eigenvalue weighted by Crippen LogP contribution is -2.29. The highest BCUT2D eigenvalue weighted by molar-refractivity contribution is 9.09. The first-order chi connectivity index (χ1) is 8.45. The van der Waals surface area contributed by atoms with Crippen molar-refractivity contribution < 1.29 is 8.42 Å². The molecule has 1 unspecified atom stereocenters. The van der Waals surface area contributed by atoms with Crippen molar-refractivity contribution >= 4 is 49.2 Å². The normalized spacial score (nSPS) is 21.4. The van der Waals surface area contributed by atoms with Crippen molar-refractivity contribution in [3.63, 3.8) is 0 Å². The molecule has 0 aromatic heterocycles. The molecule has 1 aromatic rings. The van der Waals surface area contributed by atoms with Crippen LogP contribution in [0.4, 0.5) is 0 Å². The van der Waals surface area contributed by atoms with Crippen LogP contribution in [0.1, 0.15) is 6.42 Å². The fraction of sp³-hybridized carbons (Fsp3) is 0.455. The van der Waals surface area contributed by atoms with Gasteiger partial charge in [-0.25, -0.2) is 8.42 Å². The number of rotatable bonds is 3. The van der Waals surface area contributed by atoms with Gasteiger partial charge in [-0.3, -0.25) is 0 Å². The van der Waals surface area contributed by atoms with Crippen LogP contribution in [0.3, 0.4) is 0 Å². The zero-order chi connectivity index (χ0) is 13.3. The average molecular weight is 373 g/mol. The lowest BCUT2D eigenvalue weighted by molar-refractivity contribution is 0.466. The summed E-state index contributed by atoms with van der Waals surface area (Å²) in [6.45, 7) is 1.05. The van der Waals surface area contributed by atoms with Crippen LogP contribution in [-0.4, -0.2) is 31.1 Å². The molecular formula is C11H12BrCl2NO2S. The Balaban J connectivity index is 2.34. The molecule has 1 atom stereocenters. The molecule has 0 saturated carbocycles. The van der Waals surface area contributed by atoms with Gasteiger partial charge in [0.05, 0.1) is 5.02 Å². The minimum atomic E-state index is -3.54. The van der Waals surface area contributed by atoms with Gasteiger partial charge in [0, 0.05) is 23.4 Å². The Morgan fingerprint density at radius 3 is 2.72 bits per heavy atom. The number of hydrogen-bond donors (Lipinski definition) is 0. The van der Waals surface area contributed by atoms with E-state index in [0.29, 0.717) is 24.0 Å². The van der Waals surface area contributed by atoms with Gasteiger partial charge < -0.3 is 0 Å². The van der Waals surface area contributed by atoms with Gasteiger partial charge in [0.15, 0.2) is 0 Å². The van der Waals surface area contributed by atoms with Crippen molar-refractivity contribution in [3.05, 3.63) is 28.2 Å². The van der Waals surface area contributed by atoms with Crippen LogP contribution >= 0.6 is 39.1 Å². The summed E-state index contributed by atoms with van der Waals surface area (Å²) in [5, 5.41) is 1.39. The first kappa shape index (κ1) is 14.6. The maximum absolute atomic E-state index is 12.4. The van der Waals surface area contributed by atoms with Crippen LogP contribution in [0.25, 0.3) is 0 Å². The van der Waals surface area contributed by atoms with Gasteiger partial charge in [0.25, 0.3) is 0 Å². The van der Waals surface area contributed by atoms with Crippen molar-refractivity contribution in [2.75, 3.05) is 18.4 Å². The van der Waals surface area contributed by atoms with E-state index in [1.54, 1.807) is 6.07 Å². The van der Waals surface area contributed by atoms with Gasteiger partial charge in [0.1, 0.15) is 4.90 Å². The Labute approximate surface area is 125 Å². The molecule has 1 fully saturated rings. The highest BCUT2D eigenvalue weighted by atomic mass is 79.9. The van der Waals surface area contributed by atoms with E-state index >= 15 is 0 Å². The molecule has 1 aliphatic rings.